The molecule has 0 radical (unpaired) electrons. The average molecular weight is 328 g/mol. The molecule has 3 aromatic rings. The molecular formula is C18H18ClN3O. The van der Waals surface area contributed by atoms with E-state index in [1.807, 2.05) is 55.6 Å². The molecule has 0 unspecified atom stereocenters. The van der Waals surface area contributed by atoms with E-state index in [0.29, 0.717) is 0 Å². The van der Waals surface area contributed by atoms with E-state index >= 15 is 0 Å². The Hall–Kier alpha value is -2.33. The molecule has 0 saturated heterocycles. The Morgan fingerprint density at radius 3 is 2.65 bits per heavy atom. The van der Waals surface area contributed by atoms with Crippen LogP contribution in [0.4, 0.5) is 0 Å². The van der Waals surface area contributed by atoms with E-state index in [1.54, 1.807) is 11.8 Å². The van der Waals surface area contributed by atoms with Gasteiger partial charge in [0.2, 0.25) is 0 Å². The van der Waals surface area contributed by atoms with Gasteiger partial charge in [-0.1, -0.05) is 35.0 Å². The Labute approximate surface area is 140 Å². The summed E-state index contributed by atoms with van der Waals surface area (Å²) in [5.41, 5.74) is 4.04. The van der Waals surface area contributed by atoms with Crippen LogP contribution in [0.2, 0.25) is 5.02 Å². The molecule has 0 aliphatic carbocycles. The summed E-state index contributed by atoms with van der Waals surface area (Å²) in [6, 6.07) is 13.9. The molecule has 0 saturated carbocycles. The maximum atomic E-state index is 6.22. The third-order valence-electron chi connectivity index (χ3n) is 3.77. The third kappa shape index (κ3) is 3.54. The SMILES string of the molecule is COc1cc(C)c(Cl)cc1CCc1cn(-c2ccccc2)nn1. The fourth-order valence-corrected chi connectivity index (χ4v) is 2.65. The Balaban J connectivity index is 1.74. The summed E-state index contributed by atoms with van der Waals surface area (Å²) < 4.78 is 7.23. The van der Waals surface area contributed by atoms with Crippen molar-refractivity contribution in [3.8, 4) is 11.4 Å². The van der Waals surface area contributed by atoms with Crippen LogP contribution in [0.5, 0.6) is 5.75 Å². The summed E-state index contributed by atoms with van der Waals surface area (Å²) in [5.74, 6) is 0.863. The van der Waals surface area contributed by atoms with E-state index in [1.165, 1.54) is 0 Å². The van der Waals surface area contributed by atoms with Gasteiger partial charge >= 0.3 is 0 Å². The van der Waals surface area contributed by atoms with Crippen molar-refractivity contribution in [1.82, 2.24) is 15.0 Å². The fraction of sp³-hybridized carbons (Fsp3) is 0.222. The van der Waals surface area contributed by atoms with E-state index in [-0.39, 0.29) is 0 Å². The first-order valence-corrected chi connectivity index (χ1v) is 7.85. The Kier molecular flexibility index (Phi) is 4.63. The van der Waals surface area contributed by atoms with E-state index < -0.39 is 0 Å². The molecule has 118 valence electrons. The number of nitrogens with zero attached hydrogens (tertiary/aromatic N) is 3. The molecule has 1 heterocycles. The van der Waals surface area contributed by atoms with E-state index in [9.17, 15) is 0 Å². The lowest BCUT2D eigenvalue weighted by molar-refractivity contribution is 0.409. The van der Waals surface area contributed by atoms with Gasteiger partial charge in [0.1, 0.15) is 5.75 Å². The van der Waals surface area contributed by atoms with Crippen LogP contribution < -0.4 is 4.74 Å². The molecule has 0 N–H and O–H groups in total. The van der Waals surface area contributed by atoms with Crippen LogP contribution in [0.15, 0.2) is 48.7 Å². The van der Waals surface area contributed by atoms with Crippen LogP contribution in [0, 0.1) is 6.92 Å². The first-order chi connectivity index (χ1) is 11.2. The molecule has 23 heavy (non-hydrogen) atoms. The first-order valence-electron chi connectivity index (χ1n) is 7.47. The quantitative estimate of drug-likeness (QED) is 0.710. The molecule has 0 fully saturated rings. The number of benzene rings is 2. The van der Waals surface area contributed by atoms with Crippen molar-refractivity contribution in [2.75, 3.05) is 7.11 Å². The largest absolute Gasteiger partial charge is 0.496 e. The minimum absolute atomic E-state index is 0.758. The highest BCUT2D eigenvalue weighted by Crippen LogP contribution is 2.27. The zero-order valence-corrected chi connectivity index (χ0v) is 13.9. The summed E-state index contributed by atoms with van der Waals surface area (Å²) in [6.07, 6.45) is 3.54. The zero-order chi connectivity index (χ0) is 16.2. The number of para-hydroxylation sites is 1. The minimum Gasteiger partial charge on any atom is -0.496 e. The summed E-state index contributed by atoms with van der Waals surface area (Å²) in [7, 11) is 1.68. The number of aryl methyl sites for hydroxylation is 3. The lowest BCUT2D eigenvalue weighted by atomic mass is 10.1. The van der Waals surface area contributed by atoms with Gasteiger partial charge in [0, 0.05) is 5.02 Å². The van der Waals surface area contributed by atoms with Gasteiger partial charge in [-0.2, -0.15) is 0 Å². The van der Waals surface area contributed by atoms with Gasteiger partial charge in [-0.25, -0.2) is 4.68 Å². The average Bonchev–Trinajstić information content (AvgIpc) is 3.05. The smallest absolute Gasteiger partial charge is 0.122 e. The normalized spacial score (nSPS) is 10.7. The Morgan fingerprint density at radius 1 is 1.13 bits per heavy atom. The zero-order valence-electron chi connectivity index (χ0n) is 13.2. The van der Waals surface area contributed by atoms with Crippen LogP contribution >= 0.6 is 11.6 Å². The topological polar surface area (TPSA) is 39.9 Å². The number of methoxy groups -OCH3 is 1. The van der Waals surface area contributed by atoms with E-state index in [0.717, 1.165) is 46.1 Å². The van der Waals surface area contributed by atoms with Gasteiger partial charge < -0.3 is 4.74 Å². The number of rotatable bonds is 5. The number of halogens is 1. The van der Waals surface area contributed by atoms with Crippen LogP contribution in [-0.4, -0.2) is 22.1 Å². The van der Waals surface area contributed by atoms with Gasteiger partial charge in [0.15, 0.2) is 0 Å². The highest BCUT2D eigenvalue weighted by atomic mass is 35.5. The molecule has 4 nitrogen and oxygen atoms in total. The monoisotopic (exact) mass is 327 g/mol. The summed E-state index contributed by atoms with van der Waals surface area (Å²) in [6.45, 7) is 1.97. The number of ether oxygens (including phenoxy) is 1. The number of hydrogen-bond acceptors (Lipinski definition) is 3. The maximum Gasteiger partial charge on any atom is 0.122 e. The van der Waals surface area contributed by atoms with Crippen molar-refractivity contribution >= 4 is 11.6 Å². The molecule has 0 amide bonds. The van der Waals surface area contributed by atoms with E-state index in [2.05, 4.69) is 10.3 Å². The molecule has 3 rings (SSSR count). The van der Waals surface area contributed by atoms with E-state index in [4.69, 9.17) is 16.3 Å². The maximum absolute atomic E-state index is 6.22. The predicted octanol–water partition coefficient (Wildman–Crippen LogP) is 4.02. The van der Waals surface area contributed by atoms with Crippen molar-refractivity contribution in [2.24, 2.45) is 0 Å². The predicted molar refractivity (Wildman–Crippen MR) is 91.5 cm³/mol. The molecule has 0 atom stereocenters. The molecule has 0 aliphatic rings. The van der Waals surface area contributed by atoms with Crippen LogP contribution in [0.25, 0.3) is 5.69 Å². The second-order valence-corrected chi connectivity index (χ2v) is 5.81. The van der Waals surface area contributed by atoms with Gasteiger partial charge in [-0.15, -0.1) is 5.10 Å². The van der Waals surface area contributed by atoms with Gasteiger partial charge in [-0.05, 0) is 55.2 Å². The third-order valence-corrected chi connectivity index (χ3v) is 4.18. The molecule has 0 bridgehead atoms. The lowest BCUT2D eigenvalue weighted by Crippen LogP contribution is -1.97. The van der Waals surface area contributed by atoms with Crippen molar-refractivity contribution in [1.29, 1.82) is 0 Å². The van der Waals surface area contributed by atoms with Crippen LogP contribution in [-0.2, 0) is 12.8 Å². The van der Waals surface area contributed by atoms with Gasteiger partial charge in [-0.3, -0.25) is 0 Å². The highest BCUT2D eigenvalue weighted by Gasteiger charge is 2.09. The molecule has 5 heteroatoms. The summed E-state index contributed by atoms with van der Waals surface area (Å²) in [4.78, 5) is 0. The number of hydrogen-bond donors (Lipinski definition) is 0. The first kappa shape index (κ1) is 15.6. The number of aromatic nitrogens is 3. The molecule has 2 aromatic carbocycles. The second kappa shape index (κ2) is 6.84. The van der Waals surface area contributed by atoms with Crippen molar-refractivity contribution < 1.29 is 4.74 Å². The summed E-state index contributed by atoms with van der Waals surface area (Å²) >= 11 is 6.22. The molecule has 0 spiro atoms. The highest BCUT2D eigenvalue weighted by molar-refractivity contribution is 6.31. The van der Waals surface area contributed by atoms with Crippen molar-refractivity contribution in [3.05, 3.63) is 70.5 Å². The second-order valence-electron chi connectivity index (χ2n) is 5.40. The molecule has 0 aliphatic heterocycles. The minimum atomic E-state index is 0.758. The van der Waals surface area contributed by atoms with Gasteiger partial charge in [0.25, 0.3) is 0 Å². The lowest BCUT2D eigenvalue weighted by Gasteiger charge is -2.10. The Bertz CT molecular complexity index is 799. The van der Waals surface area contributed by atoms with Crippen molar-refractivity contribution in [3.63, 3.8) is 0 Å². The Morgan fingerprint density at radius 2 is 1.91 bits per heavy atom. The van der Waals surface area contributed by atoms with Crippen molar-refractivity contribution in [2.45, 2.75) is 19.8 Å². The fourth-order valence-electron chi connectivity index (χ4n) is 2.46. The van der Waals surface area contributed by atoms with Crippen LogP contribution in [0.3, 0.4) is 0 Å². The standard InChI is InChI=1S/C18H18ClN3O/c1-13-10-18(23-2)14(11-17(13)19)8-9-15-12-22(21-20-15)16-6-4-3-5-7-16/h3-7,10-12H,8-9H2,1-2H3. The van der Waals surface area contributed by atoms with Gasteiger partial charge in [0.05, 0.1) is 24.7 Å². The molecular weight excluding hydrogens is 310 g/mol. The van der Waals surface area contributed by atoms with Crippen LogP contribution in [0.1, 0.15) is 16.8 Å². The summed E-state index contributed by atoms with van der Waals surface area (Å²) in [5, 5.41) is 9.18. The molecule has 1 aromatic heterocycles.